The molecule has 1 fully saturated rings. The zero-order chi connectivity index (χ0) is 34.1. The fourth-order valence-electron chi connectivity index (χ4n) is 6.09. The first-order chi connectivity index (χ1) is 22.0. The zero-order valence-corrected chi connectivity index (χ0v) is 28.0. The molecule has 47 heavy (non-hydrogen) atoms. The van der Waals surface area contributed by atoms with Gasteiger partial charge in [0.25, 0.3) is 5.91 Å². The second kappa shape index (κ2) is 11.4. The van der Waals surface area contributed by atoms with E-state index in [1.807, 2.05) is 0 Å². The number of nitrogens with zero attached hydrogens (tertiary/aromatic N) is 3. The first-order valence-corrected chi connectivity index (χ1v) is 17.2. The molecule has 0 unspecified atom stereocenters. The van der Waals surface area contributed by atoms with Crippen LogP contribution >= 0.6 is 23.2 Å². The maximum Gasteiger partial charge on any atom is 0.257 e. The molecule has 0 spiro atoms. The summed E-state index contributed by atoms with van der Waals surface area (Å²) in [5, 5.41) is 16.2. The van der Waals surface area contributed by atoms with Crippen molar-refractivity contribution in [2.75, 3.05) is 12.9 Å². The van der Waals surface area contributed by atoms with Crippen molar-refractivity contribution in [3.63, 3.8) is 0 Å². The lowest BCUT2D eigenvalue weighted by Gasteiger charge is -2.40. The average molecular weight is 702 g/mol. The quantitative estimate of drug-likeness (QED) is 0.245. The fourth-order valence-corrected chi connectivity index (χ4v) is 7.40. The number of carbonyl (C=O) groups excluding carboxylic acids is 2. The van der Waals surface area contributed by atoms with Gasteiger partial charge in [-0.1, -0.05) is 41.4 Å². The Morgan fingerprint density at radius 3 is 2.34 bits per heavy atom. The van der Waals surface area contributed by atoms with Crippen LogP contribution in [0.5, 0.6) is 0 Å². The van der Waals surface area contributed by atoms with E-state index >= 15 is 4.39 Å². The van der Waals surface area contributed by atoms with E-state index < -0.39 is 44.2 Å². The molecule has 3 N–H and O–H groups in total. The van der Waals surface area contributed by atoms with E-state index in [9.17, 15) is 23.1 Å². The van der Waals surface area contributed by atoms with Crippen LogP contribution in [0.3, 0.4) is 0 Å². The summed E-state index contributed by atoms with van der Waals surface area (Å²) >= 11 is 12.4. The topological polar surface area (TPSA) is 145 Å². The molecule has 10 nitrogen and oxygen atoms in total. The first kappa shape index (κ1) is 33.1. The molecule has 2 heterocycles. The van der Waals surface area contributed by atoms with Gasteiger partial charge in [-0.2, -0.15) is 5.10 Å². The van der Waals surface area contributed by atoms with E-state index in [1.165, 1.54) is 47.0 Å². The number of carbonyl (C=O) groups is 2. The molecule has 14 heteroatoms. The number of hydrogen-bond acceptors (Lipinski definition) is 7. The standard InChI is InChI=1S/C33H31Cl2FN4O6S/c1-31(43,22-15-38-39(2)17-22)21-12-25-28(26(36)13-21)33(20-5-8-23(34)9-6-20,46-18-32(10-11-32)30(37)42)40(29(25)41)16-19-4-7-24(35)14-27(19)47(3,44)45/h4-9,12-15,17,43H,10-11,16,18H2,1-3H3,(H2,37,42)/t31-,33+/m0/s1. The van der Waals surface area contributed by atoms with Crippen molar-refractivity contribution in [3.8, 4) is 0 Å². The molecular formula is C33H31Cl2FN4O6S. The van der Waals surface area contributed by atoms with Gasteiger partial charge >= 0.3 is 0 Å². The number of ether oxygens (including phenoxy) is 1. The molecule has 2 atom stereocenters. The van der Waals surface area contributed by atoms with Crippen LogP contribution in [0.2, 0.25) is 10.0 Å². The van der Waals surface area contributed by atoms with E-state index in [1.54, 1.807) is 37.5 Å². The van der Waals surface area contributed by atoms with Crippen LogP contribution in [-0.2, 0) is 44.3 Å². The minimum absolute atomic E-state index is 0.0704. The maximum absolute atomic E-state index is 16.8. The van der Waals surface area contributed by atoms with Crippen molar-refractivity contribution in [1.29, 1.82) is 0 Å². The summed E-state index contributed by atoms with van der Waals surface area (Å²) in [6.45, 7) is 0.830. The Morgan fingerprint density at radius 1 is 1.11 bits per heavy atom. The summed E-state index contributed by atoms with van der Waals surface area (Å²) in [5.41, 5.74) is 1.53. The Hall–Kier alpha value is -3.81. The van der Waals surface area contributed by atoms with Crippen molar-refractivity contribution >= 4 is 44.9 Å². The van der Waals surface area contributed by atoms with E-state index in [-0.39, 0.29) is 50.9 Å². The molecule has 4 aromatic rings. The molecule has 2 amide bonds. The minimum atomic E-state index is -3.85. The molecular weight excluding hydrogens is 670 g/mol. The molecule has 6 rings (SSSR count). The third-order valence-electron chi connectivity index (χ3n) is 9.04. The number of sulfone groups is 1. The number of fused-ring (bicyclic) bond motifs is 1. The van der Waals surface area contributed by atoms with Gasteiger partial charge in [0.2, 0.25) is 5.91 Å². The highest BCUT2D eigenvalue weighted by molar-refractivity contribution is 7.90. The van der Waals surface area contributed by atoms with Crippen LogP contribution in [0.25, 0.3) is 0 Å². The SMILES string of the molecule is Cn1cc([C@@](C)(O)c2cc(F)c3c(c2)C(=O)N(Cc2ccc(Cl)cc2S(C)(=O)=O)[C@@]3(OCC2(C(N)=O)CC2)c2ccc(Cl)cc2)cn1. The predicted octanol–water partition coefficient (Wildman–Crippen LogP) is 4.66. The fraction of sp³-hybridized carbons (Fsp3) is 0.303. The number of aromatic nitrogens is 2. The second-order valence-corrected chi connectivity index (χ2v) is 15.2. The zero-order valence-electron chi connectivity index (χ0n) is 25.6. The van der Waals surface area contributed by atoms with E-state index in [2.05, 4.69) is 5.10 Å². The third kappa shape index (κ3) is 5.61. The summed E-state index contributed by atoms with van der Waals surface area (Å²) in [6.07, 6.45) is 4.90. The van der Waals surface area contributed by atoms with Crippen LogP contribution in [0.1, 0.15) is 57.9 Å². The molecule has 246 valence electrons. The minimum Gasteiger partial charge on any atom is -0.381 e. The molecule has 3 aromatic carbocycles. The summed E-state index contributed by atoms with van der Waals surface area (Å²) < 4.78 is 50.7. The first-order valence-electron chi connectivity index (χ1n) is 14.6. The number of aliphatic hydroxyl groups is 1. The van der Waals surface area contributed by atoms with E-state index in [0.717, 1.165) is 12.3 Å². The van der Waals surface area contributed by atoms with Crippen LogP contribution in [-0.4, -0.2) is 52.9 Å². The smallest absolute Gasteiger partial charge is 0.257 e. The molecule has 0 bridgehead atoms. The molecule has 1 aromatic heterocycles. The Balaban J connectivity index is 1.61. The number of amides is 2. The molecule has 2 aliphatic rings. The highest BCUT2D eigenvalue weighted by atomic mass is 35.5. The van der Waals surface area contributed by atoms with Crippen molar-refractivity contribution in [1.82, 2.24) is 14.7 Å². The number of benzene rings is 3. The van der Waals surface area contributed by atoms with Gasteiger partial charge in [0.15, 0.2) is 15.6 Å². The molecule has 0 saturated heterocycles. The summed E-state index contributed by atoms with van der Waals surface area (Å²) in [7, 11) is -2.18. The van der Waals surface area contributed by atoms with Gasteiger partial charge in [0, 0.05) is 40.7 Å². The Morgan fingerprint density at radius 2 is 1.77 bits per heavy atom. The van der Waals surface area contributed by atoms with Gasteiger partial charge in [0.1, 0.15) is 11.4 Å². The Kier molecular flexibility index (Phi) is 8.04. The second-order valence-electron chi connectivity index (χ2n) is 12.4. The average Bonchev–Trinajstić information content (AvgIpc) is 3.61. The number of aryl methyl sites for hydroxylation is 1. The normalized spacial score (nSPS) is 19.8. The molecule has 1 aliphatic carbocycles. The predicted molar refractivity (Wildman–Crippen MR) is 172 cm³/mol. The van der Waals surface area contributed by atoms with Crippen LogP contribution in [0, 0.1) is 11.2 Å². The lowest BCUT2D eigenvalue weighted by Crippen LogP contribution is -2.48. The Bertz CT molecular complexity index is 2050. The van der Waals surface area contributed by atoms with Gasteiger partial charge in [-0.25, -0.2) is 12.8 Å². The van der Waals surface area contributed by atoms with Gasteiger partial charge in [-0.3, -0.25) is 19.2 Å². The molecule has 1 aliphatic heterocycles. The van der Waals surface area contributed by atoms with Crippen LogP contribution < -0.4 is 5.73 Å². The number of rotatable bonds is 10. The summed E-state index contributed by atoms with van der Waals surface area (Å²) in [5.74, 6) is -2.19. The molecule has 1 saturated carbocycles. The van der Waals surface area contributed by atoms with E-state index in [0.29, 0.717) is 23.4 Å². The van der Waals surface area contributed by atoms with Gasteiger partial charge in [0.05, 0.1) is 40.8 Å². The third-order valence-corrected chi connectivity index (χ3v) is 10.7. The Labute approximate surface area is 280 Å². The van der Waals surface area contributed by atoms with Crippen LogP contribution in [0.4, 0.5) is 4.39 Å². The van der Waals surface area contributed by atoms with Gasteiger partial charge in [-0.05, 0) is 67.3 Å². The highest BCUT2D eigenvalue weighted by Gasteiger charge is 2.58. The lowest BCUT2D eigenvalue weighted by molar-refractivity contribution is -0.142. The number of nitrogens with two attached hydrogens (primary N) is 1. The van der Waals surface area contributed by atoms with Gasteiger partial charge < -0.3 is 15.6 Å². The number of hydrogen-bond donors (Lipinski definition) is 2. The number of primary amides is 1. The van der Waals surface area contributed by atoms with Crippen LogP contribution in [0.15, 0.2) is 71.9 Å². The maximum atomic E-state index is 16.8. The van der Waals surface area contributed by atoms with Gasteiger partial charge in [-0.15, -0.1) is 0 Å². The summed E-state index contributed by atoms with van der Waals surface area (Å²) in [6, 6.07) is 13.0. The molecule has 0 radical (unpaired) electrons. The lowest BCUT2D eigenvalue weighted by atomic mass is 9.85. The van der Waals surface area contributed by atoms with Crippen molar-refractivity contribution in [3.05, 3.63) is 116 Å². The van der Waals surface area contributed by atoms with Crippen molar-refractivity contribution in [2.24, 2.45) is 18.2 Å². The number of halogens is 3. The van der Waals surface area contributed by atoms with Crippen molar-refractivity contribution < 1.29 is 32.2 Å². The van der Waals surface area contributed by atoms with Crippen molar-refractivity contribution in [2.45, 2.75) is 42.5 Å². The summed E-state index contributed by atoms with van der Waals surface area (Å²) in [4.78, 5) is 28.2. The largest absolute Gasteiger partial charge is 0.381 e. The monoisotopic (exact) mass is 700 g/mol. The highest BCUT2D eigenvalue weighted by Crippen LogP contribution is 2.53. The van der Waals surface area contributed by atoms with E-state index in [4.69, 9.17) is 33.7 Å².